The van der Waals surface area contributed by atoms with Crippen LogP contribution < -0.4 is 0 Å². The molecule has 2 N–H and O–H groups in total. The van der Waals surface area contributed by atoms with Gasteiger partial charge in [0.15, 0.2) is 5.79 Å². The van der Waals surface area contributed by atoms with Crippen molar-refractivity contribution in [3.8, 4) is 0 Å². The third-order valence-electron chi connectivity index (χ3n) is 1.53. The highest BCUT2D eigenvalue weighted by atomic mass is 16.5. The molecule has 1 rings (SSSR count). The minimum Gasteiger partial charge on any atom is -0.362 e. The van der Waals surface area contributed by atoms with Gasteiger partial charge in [0.05, 0.1) is 0 Å². The molecule has 11 heavy (non-hydrogen) atoms. The highest BCUT2D eigenvalue weighted by Crippen LogP contribution is 2.19. The zero-order valence-electron chi connectivity index (χ0n) is 6.41. The van der Waals surface area contributed by atoms with Crippen molar-refractivity contribution in [1.82, 2.24) is 0 Å². The molecule has 0 aliphatic rings. The van der Waals surface area contributed by atoms with Gasteiger partial charge in [0, 0.05) is 5.56 Å². The van der Waals surface area contributed by atoms with Crippen LogP contribution in [-0.4, -0.2) is 10.2 Å². The zero-order valence-corrected chi connectivity index (χ0v) is 6.41. The molecule has 1 aromatic carbocycles. The first-order chi connectivity index (χ1) is 5.02. The van der Waals surface area contributed by atoms with E-state index >= 15 is 0 Å². The molecule has 1 aromatic rings. The SMILES string of the molecule is [CH2]c1ccccc1C(C)(O)O. The summed E-state index contributed by atoms with van der Waals surface area (Å²) in [5.74, 6) is -1.78. The van der Waals surface area contributed by atoms with E-state index in [4.69, 9.17) is 0 Å². The van der Waals surface area contributed by atoms with Crippen molar-refractivity contribution in [3.05, 3.63) is 42.3 Å². The molecule has 0 unspecified atom stereocenters. The fourth-order valence-corrected chi connectivity index (χ4v) is 0.982. The summed E-state index contributed by atoms with van der Waals surface area (Å²) in [6, 6.07) is 6.93. The number of benzene rings is 1. The molecule has 0 heterocycles. The van der Waals surface area contributed by atoms with Crippen molar-refractivity contribution in [1.29, 1.82) is 0 Å². The Kier molecular flexibility index (Phi) is 1.98. The van der Waals surface area contributed by atoms with Gasteiger partial charge in [0.2, 0.25) is 0 Å². The summed E-state index contributed by atoms with van der Waals surface area (Å²) >= 11 is 0. The third kappa shape index (κ3) is 1.79. The first kappa shape index (κ1) is 8.24. The normalized spacial score (nSPS) is 11.6. The van der Waals surface area contributed by atoms with Gasteiger partial charge >= 0.3 is 0 Å². The van der Waals surface area contributed by atoms with E-state index in [9.17, 15) is 10.2 Å². The lowest BCUT2D eigenvalue weighted by atomic mass is 10.0. The van der Waals surface area contributed by atoms with Gasteiger partial charge in [-0.05, 0) is 19.4 Å². The first-order valence-corrected chi connectivity index (χ1v) is 3.38. The minimum atomic E-state index is -1.78. The highest BCUT2D eigenvalue weighted by Gasteiger charge is 2.19. The average molecular weight is 151 g/mol. The molecular weight excluding hydrogens is 140 g/mol. The Morgan fingerprint density at radius 3 is 2.18 bits per heavy atom. The number of rotatable bonds is 1. The van der Waals surface area contributed by atoms with Gasteiger partial charge in [0.25, 0.3) is 0 Å². The fourth-order valence-electron chi connectivity index (χ4n) is 0.982. The Morgan fingerprint density at radius 1 is 1.27 bits per heavy atom. The average Bonchev–Trinajstić information content (AvgIpc) is 1.86. The number of hydrogen-bond acceptors (Lipinski definition) is 2. The van der Waals surface area contributed by atoms with Crippen LogP contribution in [-0.2, 0) is 5.79 Å². The smallest absolute Gasteiger partial charge is 0.187 e. The molecule has 0 spiro atoms. The standard InChI is InChI=1S/C9H11O2/c1-7-5-3-4-6-8(7)9(2,10)11/h3-6,10-11H,1H2,2H3. The van der Waals surface area contributed by atoms with Crippen LogP contribution in [0.25, 0.3) is 0 Å². The predicted molar refractivity (Wildman–Crippen MR) is 42.7 cm³/mol. The van der Waals surface area contributed by atoms with E-state index in [2.05, 4.69) is 6.92 Å². The van der Waals surface area contributed by atoms with Gasteiger partial charge in [0.1, 0.15) is 0 Å². The van der Waals surface area contributed by atoms with E-state index < -0.39 is 5.79 Å². The van der Waals surface area contributed by atoms with E-state index in [0.717, 1.165) is 0 Å². The van der Waals surface area contributed by atoms with Crippen molar-refractivity contribution in [2.45, 2.75) is 12.7 Å². The van der Waals surface area contributed by atoms with E-state index in [1.807, 2.05) is 0 Å². The van der Waals surface area contributed by atoms with Crippen molar-refractivity contribution < 1.29 is 10.2 Å². The molecule has 0 aliphatic carbocycles. The molecule has 0 saturated heterocycles. The van der Waals surface area contributed by atoms with Gasteiger partial charge in [-0.25, -0.2) is 0 Å². The molecule has 0 aromatic heterocycles. The number of hydrogen-bond donors (Lipinski definition) is 2. The molecule has 1 radical (unpaired) electrons. The fraction of sp³-hybridized carbons (Fsp3) is 0.222. The summed E-state index contributed by atoms with van der Waals surface area (Å²) in [6.45, 7) is 4.98. The van der Waals surface area contributed by atoms with Crippen molar-refractivity contribution in [2.24, 2.45) is 0 Å². The third-order valence-corrected chi connectivity index (χ3v) is 1.53. The van der Waals surface area contributed by atoms with Gasteiger partial charge < -0.3 is 10.2 Å². The van der Waals surface area contributed by atoms with Crippen LogP contribution in [0.5, 0.6) is 0 Å². The lowest BCUT2D eigenvalue weighted by Gasteiger charge is -2.18. The Balaban J connectivity index is 3.14. The van der Waals surface area contributed by atoms with Crippen molar-refractivity contribution >= 4 is 0 Å². The van der Waals surface area contributed by atoms with E-state index in [0.29, 0.717) is 11.1 Å². The largest absolute Gasteiger partial charge is 0.362 e. The van der Waals surface area contributed by atoms with Crippen LogP contribution in [0, 0.1) is 6.92 Å². The highest BCUT2D eigenvalue weighted by molar-refractivity contribution is 5.32. The first-order valence-electron chi connectivity index (χ1n) is 3.38. The van der Waals surface area contributed by atoms with Gasteiger partial charge in [-0.2, -0.15) is 0 Å². The molecule has 2 nitrogen and oxygen atoms in total. The van der Waals surface area contributed by atoms with Gasteiger partial charge in [-0.15, -0.1) is 0 Å². The van der Waals surface area contributed by atoms with E-state index in [-0.39, 0.29) is 0 Å². The molecule has 59 valence electrons. The zero-order chi connectivity index (χ0) is 8.48. The Morgan fingerprint density at radius 2 is 1.82 bits per heavy atom. The maximum Gasteiger partial charge on any atom is 0.187 e. The van der Waals surface area contributed by atoms with E-state index in [1.165, 1.54) is 6.92 Å². The topological polar surface area (TPSA) is 40.5 Å². The second-order valence-corrected chi connectivity index (χ2v) is 2.68. The van der Waals surface area contributed by atoms with Crippen LogP contribution in [0.4, 0.5) is 0 Å². The molecule has 2 heteroatoms. The van der Waals surface area contributed by atoms with Crippen LogP contribution in [0.2, 0.25) is 0 Å². The monoisotopic (exact) mass is 151 g/mol. The molecule has 0 saturated carbocycles. The van der Waals surface area contributed by atoms with Crippen molar-refractivity contribution in [3.63, 3.8) is 0 Å². The summed E-state index contributed by atoms with van der Waals surface area (Å²) in [4.78, 5) is 0. The summed E-state index contributed by atoms with van der Waals surface area (Å²) in [5.41, 5.74) is 1.08. The molecule has 0 bridgehead atoms. The minimum absolute atomic E-state index is 0.444. The Labute approximate surface area is 66.1 Å². The maximum absolute atomic E-state index is 9.19. The predicted octanol–water partition coefficient (Wildman–Crippen LogP) is 1.03. The van der Waals surface area contributed by atoms with Crippen LogP contribution in [0.1, 0.15) is 18.1 Å². The van der Waals surface area contributed by atoms with Crippen LogP contribution >= 0.6 is 0 Å². The van der Waals surface area contributed by atoms with Crippen LogP contribution in [0.3, 0.4) is 0 Å². The van der Waals surface area contributed by atoms with Crippen molar-refractivity contribution in [2.75, 3.05) is 0 Å². The second-order valence-electron chi connectivity index (χ2n) is 2.68. The molecule has 0 fully saturated rings. The summed E-state index contributed by atoms with van der Waals surface area (Å²) in [7, 11) is 0. The van der Waals surface area contributed by atoms with Gasteiger partial charge in [-0.3, -0.25) is 0 Å². The molecular formula is C9H11O2. The quantitative estimate of drug-likeness (QED) is 0.588. The maximum atomic E-state index is 9.19. The van der Waals surface area contributed by atoms with Gasteiger partial charge in [-0.1, -0.05) is 24.3 Å². The summed E-state index contributed by atoms with van der Waals surface area (Å²) < 4.78 is 0. The molecule has 0 amide bonds. The van der Waals surface area contributed by atoms with Crippen LogP contribution in [0.15, 0.2) is 24.3 Å². The summed E-state index contributed by atoms with van der Waals surface area (Å²) in [5, 5.41) is 18.4. The van der Waals surface area contributed by atoms with E-state index in [1.54, 1.807) is 24.3 Å². The lowest BCUT2D eigenvalue weighted by Crippen LogP contribution is -2.20. The lowest BCUT2D eigenvalue weighted by molar-refractivity contribution is -0.152. The number of aliphatic hydroxyl groups is 2. The summed E-state index contributed by atoms with van der Waals surface area (Å²) in [6.07, 6.45) is 0. The molecule has 0 aliphatic heterocycles. The molecule has 0 atom stereocenters. The second kappa shape index (κ2) is 2.64. The Bertz CT molecular complexity index is 248. The Hall–Kier alpha value is -0.860.